The number of carbonyl (C=O) groups is 1. The van der Waals surface area contributed by atoms with Gasteiger partial charge in [-0.2, -0.15) is 0 Å². The third kappa shape index (κ3) is 2.41. The lowest BCUT2D eigenvalue weighted by atomic mass is 10.0. The Labute approximate surface area is 106 Å². The lowest BCUT2D eigenvalue weighted by Crippen LogP contribution is -2.43. The van der Waals surface area contributed by atoms with Crippen LogP contribution in [0.3, 0.4) is 0 Å². The minimum Gasteiger partial charge on any atom is -0.493 e. The molecule has 0 saturated heterocycles. The van der Waals surface area contributed by atoms with Crippen LogP contribution < -0.4 is 20.9 Å². The molecule has 1 aromatic rings. The van der Waals surface area contributed by atoms with Crippen LogP contribution in [0.2, 0.25) is 0 Å². The van der Waals surface area contributed by atoms with Gasteiger partial charge in [-0.25, -0.2) is 0 Å². The molecule has 5 heteroatoms. The highest BCUT2D eigenvalue weighted by atomic mass is 16.5. The Bertz CT molecular complexity index is 471. The van der Waals surface area contributed by atoms with Gasteiger partial charge in [-0.05, 0) is 19.9 Å². The van der Waals surface area contributed by atoms with Crippen LogP contribution in [-0.2, 0) is 4.79 Å². The SMILES string of the molecule is CC(C)(Oc1ccc2c(c1)OCCC2N)C(N)=O. The number of hydrogen-bond acceptors (Lipinski definition) is 4. The molecule has 0 bridgehead atoms. The van der Waals surface area contributed by atoms with Gasteiger partial charge in [0, 0.05) is 24.1 Å². The summed E-state index contributed by atoms with van der Waals surface area (Å²) in [5.41, 5.74) is 11.2. The second kappa shape index (κ2) is 4.49. The number of fused-ring (bicyclic) bond motifs is 1. The summed E-state index contributed by atoms with van der Waals surface area (Å²) in [4.78, 5) is 11.2. The third-order valence-electron chi connectivity index (χ3n) is 3.04. The van der Waals surface area contributed by atoms with E-state index in [0.717, 1.165) is 12.0 Å². The van der Waals surface area contributed by atoms with Gasteiger partial charge in [0.25, 0.3) is 5.91 Å². The summed E-state index contributed by atoms with van der Waals surface area (Å²) in [6.07, 6.45) is 0.806. The summed E-state index contributed by atoms with van der Waals surface area (Å²) in [5.74, 6) is 0.746. The molecule has 4 N–H and O–H groups in total. The van der Waals surface area contributed by atoms with Gasteiger partial charge in [0.1, 0.15) is 11.5 Å². The quantitative estimate of drug-likeness (QED) is 0.841. The Balaban J connectivity index is 2.24. The first-order valence-electron chi connectivity index (χ1n) is 5.91. The van der Waals surface area contributed by atoms with E-state index < -0.39 is 11.5 Å². The molecule has 1 heterocycles. The number of carbonyl (C=O) groups excluding carboxylic acids is 1. The number of ether oxygens (including phenoxy) is 2. The van der Waals surface area contributed by atoms with Crippen LogP contribution in [0.15, 0.2) is 18.2 Å². The molecule has 0 saturated carbocycles. The zero-order chi connectivity index (χ0) is 13.3. The maximum Gasteiger partial charge on any atom is 0.261 e. The van der Waals surface area contributed by atoms with Crippen molar-refractivity contribution in [2.75, 3.05) is 6.61 Å². The van der Waals surface area contributed by atoms with E-state index in [0.29, 0.717) is 18.1 Å². The Hall–Kier alpha value is -1.75. The second-order valence-electron chi connectivity index (χ2n) is 4.92. The molecule has 0 radical (unpaired) electrons. The first-order chi connectivity index (χ1) is 8.40. The molecular weight excluding hydrogens is 232 g/mol. The second-order valence-corrected chi connectivity index (χ2v) is 4.92. The number of rotatable bonds is 3. The van der Waals surface area contributed by atoms with Crippen molar-refractivity contribution >= 4 is 5.91 Å². The van der Waals surface area contributed by atoms with E-state index in [2.05, 4.69) is 0 Å². The largest absolute Gasteiger partial charge is 0.493 e. The van der Waals surface area contributed by atoms with Gasteiger partial charge in [-0.15, -0.1) is 0 Å². The van der Waals surface area contributed by atoms with E-state index in [1.54, 1.807) is 26.0 Å². The summed E-state index contributed by atoms with van der Waals surface area (Å²) in [6.45, 7) is 3.85. The summed E-state index contributed by atoms with van der Waals surface area (Å²) >= 11 is 0. The molecular formula is C13H18N2O3. The van der Waals surface area contributed by atoms with E-state index in [1.165, 1.54) is 0 Å². The highest BCUT2D eigenvalue weighted by Crippen LogP contribution is 2.34. The molecule has 0 aromatic heterocycles. The summed E-state index contributed by atoms with van der Waals surface area (Å²) in [6, 6.07) is 5.38. The molecule has 18 heavy (non-hydrogen) atoms. The molecule has 0 aliphatic carbocycles. The number of primary amides is 1. The zero-order valence-corrected chi connectivity index (χ0v) is 10.6. The van der Waals surface area contributed by atoms with Crippen molar-refractivity contribution in [3.63, 3.8) is 0 Å². The van der Waals surface area contributed by atoms with Crippen LogP contribution in [0.1, 0.15) is 31.9 Å². The van der Waals surface area contributed by atoms with Crippen LogP contribution >= 0.6 is 0 Å². The predicted molar refractivity (Wildman–Crippen MR) is 67.4 cm³/mol. The summed E-state index contributed by atoms with van der Waals surface area (Å²) < 4.78 is 11.1. The van der Waals surface area contributed by atoms with Gasteiger partial charge < -0.3 is 20.9 Å². The van der Waals surface area contributed by atoms with E-state index >= 15 is 0 Å². The van der Waals surface area contributed by atoms with Crippen molar-refractivity contribution in [2.24, 2.45) is 11.5 Å². The van der Waals surface area contributed by atoms with Gasteiger partial charge in [-0.3, -0.25) is 4.79 Å². The van der Waals surface area contributed by atoms with Crippen LogP contribution in [0, 0.1) is 0 Å². The lowest BCUT2D eigenvalue weighted by molar-refractivity contribution is -0.130. The Morgan fingerprint density at radius 2 is 2.22 bits per heavy atom. The standard InChI is InChI=1S/C13H18N2O3/c1-13(2,12(15)16)18-8-3-4-9-10(14)5-6-17-11(9)7-8/h3-4,7,10H,5-6,14H2,1-2H3,(H2,15,16). The van der Waals surface area contributed by atoms with Crippen molar-refractivity contribution in [1.82, 2.24) is 0 Å². The summed E-state index contributed by atoms with van der Waals surface area (Å²) in [7, 11) is 0. The number of benzene rings is 1. The molecule has 1 aliphatic heterocycles. The van der Waals surface area contributed by atoms with Gasteiger partial charge in [0.15, 0.2) is 5.60 Å². The molecule has 1 amide bonds. The highest BCUT2D eigenvalue weighted by molar-refractivity contribution is 5.82. The van der Waals surface area contributed by atoms with Crippen LogP contribution in [-0.4, -0.2) is 18.1 Å². The van der Waals surface area contributed by atoms with E-state index in [9.17, 15) is 4.79 Å². The number of nitrogens with two attached hydrogens (primary N) is 2. The predicted octanol–water partition coefficient (Wildman–Crippen LogP) is 1.11. The average Bonchev–Trinajstić information content (AvgIpc) is 2.28. The van der Waals surface area contributed by atoms with Crippen LogP contribution in [0.4, 0.5) is 0 Å². The molecule has 2 rings (SSSR count). The van der Waals surface area contributed by atoms with E-state index in [4.69, 9.17) is 20.9 Å². The molecule has 1 aromatic carbocycles. The zero-order valence-electron chi connectivity index (χ0n) is 10.6. The van der Waals surface area contributed by atoms with E-state index in [1.807, 2.05) is 6.07 Å². The van der Waals surface area contributed by atoms with Gasteiger partial charge in [0.2, 0.25) is 0 Å². The van der Waals surface area contributed by atoms with Gasteiger partial charge in [-0.1, -0.05) is 6.07 Å². The fourth-order valence-corrected chi connectivity index (χ4v) is 1.81. The average molecular weight is 250 g/mol. The van der Waals surface area contributed by atoms with Crippen molar-refractivity contribution < 1.29 is 14.3 Å². The Morgan fingerprint density at radius 1 is 1.50 bits per heavy atom. The van der Waals surface area contributed by atoms with Gasteiger partial charge in [0.05, 0.1) is 6.61 Å². The van der Waals surface area contributed by atoms with Crippen molar-refractivity contribution in [2.45, 2.75) is 31.9 Å². The molecule has 0 fully saturated rings. The topological polar surface area (TPSA) is 87.6 Å². The lowest BCUT2D eigenvalue weighted by Gasteiger charge is -2.26. The number of hydrogen-bond donors (Lipinski definition) is 2. The van der Waals surface area contributed by atoms with Crippen LogP contribution in [0.25, 0.3) is 0 Å². The first kappa shape index (κ1) is 12.7. The monoisotopic (exact) mass is 250 g/mol. The Morgan fingerprint density at radius 3 is 2.89 bits per heavy atom. The maximum absolute atomic E-state index is 11.2. The molecule has 1 unspecified atom stereocenters. The minimum absolute atomic E-state index is 0.00745. The van der Waals surface area contributed by atoms with E-state index in [-0.39, 0.29) is 6.04 Å². The minimum atomic E-state index is -1.05. The molecule has 0 spiro atoms. The summed E-state index contributed by atoms with van der Waals surface area (Å²) in [5, 5.41) is 0. The van der Waals surface area contributed by atoms with Crippen molar-refractivity contribution in [1.29, 1.82) is 0 Å². The third-order valence-corrected chi connectivity index (χ3v) is 3.04. The molecule has 5 nitrogen and oxygen atoms in total. The fraction of sp³-hybridized carbons (Fsp3) is 0.462. The normalized spacial score (nSPS) is 18.7. The van der Waals surface area contributed by atoms with Crippen molar-refractivity contribution in [3.05, 3.63) is 23.8 Å². The number of amides is 1. The molecule has 1 atom stereocenters. The van der Waals surface area contributed by atoms with Crippen molar-refractivity contribution in [3.8, 4) is 11.5 Å². The van der Waals surface area contributed by atoms with Gasteiger partial charge >= 0.3 is 0 Å². The first-order valence-corrected chi connectivity index (χ1v) is 5.91. The fourth-order valence-electron chi connectivity index (χ4n) is 1.81. The highest BCUT2D eigenvalue weighted by Gasteiger charge is 2.28. The molecule has 98 valence electrons. The Kier molecular flexibility index (Phi) is 3.17. The maximum atomic E-state index is 11.2. The molecule has 1 aliphatic rings. The van der Waals surface area contributed by atoms with Crippen LogP contribution in [0.5, 0.6) is 11.5 Å². The smallest absolute Gasteiger partial charge is 0.261 e.